The predicted octanol–water partition coefficient (Wildman–Crippen LogP) is 0.289. The Kier molecular flexibility index (Phi) is 5.62. The van der Waals surface area contributed by atoms with Crippen molar-refractivity contribution in [2.24, 2.45) is 0 Å². The molecule has 0 amide bonds. The molecule has 0 aromatic heterocycles. The topological polar surface area (TPSA) is 50.5 Å². The third-order valence-electron chi connectivity index (χ3n) is 3.15. The van der Waals surface area contributed by atoms with E-state index in [4.69, 9.17) is 5.26 Å². The molecule has 0 spiro atoms. The Labute approximate surface area is 92.1 Å². The van der Waals surface area contributed by atoms with E-state index in [0.717, 1.165) is 39.1 Å². The van der Waals surface area contributed by atoms with Gasteiger partial charge in [-0.05, 0) is 6.42 Å². The van der Waals surface area contributed by atoms with Crippen molar-refractivity contribution in [3.05, 3.63) is 0 Å². The molecule has 4 heteroatoms. The number of nitrogens with zero attached hydrogens (tertiary/aromatic N) is 3. The fraction of sp³-hybridized carbons (Fsp3) is 0.909. The smallest absolute Gasteiger partial charge is 0.0635 e. The number of hydrogen-bond acceptors (Lipinski definition) is 4. The molecule has 1 N–H and O–H groups in total. The van der Waals surface area contributed by atoms with Crippen molar-refractivity contribution in [3.8, 4) is 6.07 Å². The van der Waals surface area contributed by atoms with Crippen molar-refractivity contribution in [2.45, 2.75) is 25.8 Å². The molecule has 15 heavy (non-hydrogen) atoms. The molecule has 1 heterocycles. The summed E-state index contributed by atoms with van der Waals surface area (Å²) in [7, 11) is 0. The minimum absolute atomic E-state index is 0.259. The monoisotopic (exact) mass is 211 g/mol. The van der Waals surface area contributed by atoms with Gasteiger partial charge in [-0.15, -0.1) is 0 Å². The molecule has 0 aromatic rings. The van der Waals surface area contributed by atoms with E-state index in [0.29, 0.717) is 12.5 Å². The van der Waals surface area contributed by atoms with Crippen LogP contribution in [0.15, 0.2) is 0 Å². The van der Waals surface area contributed by atoms with Crippen molar-refractivity contribution in [1.82, 2.24) is 9.80 Å². The van der Waals surface area contributed by atoms with E-state index in [2.05, 4.69) is 22.8 Å². The molecule has 0 radical (unpaired) electrons. The average Bonchev–Trinajstić information content (AvgIpc) is 2.29. The van der Waals surface area contributed by atoms with Gasteiger partial charge in [0.2, 0.25) is 0 Å². The van der Waals surface area contributed by atoms with Gasteiger partial charge in [0.25, 0.3) is 0 Å². The Balaban J connectivity index is 2.26. The second-order valence-electron chi connectivity index (χ2n) is 4.03. The summed E-state index contributed by atoms with van der Waals surface area (Å²) >= 11 is 0. The maximum atomic E-state index is 9.19. The van der Waals surface area contributed by atoms with E-state index in [1.807, 2.05) is 0 Å². The summed E-state index contributed by atoms with van der Waals surface area (Å²) in [5.74, 6) is 0. The number of hydrogen-bond donors (Lipinski definition) is 1. The fourth-order valence-corrected chi connectivity index (χ4v) is 2.06. The van der Waals surface area contributed by atoms with Gasteiger partial charge < -0.3 is 5.11 Å². The first-order valence-electron chi connectivity index (χ1n) is 5.76. The lowest BCUT2D eigenvalue weighted by atomic mass is 10.1. The Bertz CT molecular complexity index is 202. The zero-order valence-corrected chi connectivity index (χ0v) is 9.52. The molecule has 4 nitrogen and oxygen atoms in total. The summed E-state index contributed by atoms with van der Waals surface area (Å²) in [4.78, 5) is 4.67. The molecule has 86 valence electrons. The average molecular weight is 211 g/mol. The molecular formula is C11H21N3O. The fourth-order valence-electron chi connectivity index (χ4n) is 2.06. The Morgan fingerprint density at radius 2 is 2.00 bits per heavy atom. The quantitative estimate of drug-likeness (QED) is 0.710. The van der Waals surface area contributed by atoms with E-state index >= 15 is 0 Å². The second-order valence-corrected chi connectivity index (χ2v) is 4.03. The van der Waals surface area contributed by atoms with Crippen LogP contribution in [0.3, 0.4) is 0 Å². The standard InChI is InChI=1S/C11H21N3O/c1-2-11(10-15)14-8-6-13(7-9-14)5-3-4-12/h11,15H,2-3,5-10H2,1H3/t11-/m0/s1. The van der Waals surface area contributed by atoms with Crippen LogP contribution in [0.5, 0.6) is 0 Å². The SMILES string of the molecule is CC[C@@H](CO)N1CCN(CCC#N)CC1. The van der Waals surface area contributed by atoms with Crippen LogP contribution >= 0.6 is 0 Å². The van der Waals surface area contributed by atoms with Crippen LogP contribution in [0.25, 0.3) is 0 Å². The molecule has 0 unspecified atom stereocenters. The van der Waals surface area contributed by atoms with Gasteiger partial charge >= 0.3 is 0 Å². The highest BCUT2D eigenvalue weighted by Crippen LogP contribution is 2.08. The van der Waals surface area contributed by atoms with Crippen molar-refractivity contribution in [2.75, 3.05) is 39.3 Å². The summed E-state index contributed by atoms with van der Waals surface area (Å²) < 4.78 is 0. The normalized spacial score (nSPS) is 21.1. The number of nitriles is 1. The number of aliphatic hydroxyl groups excluding tert-OH is 1. The van der Waals surface area contributed by atoms with Crippen molar-refractivity contribution < 1.29 is 5.11 Å². The van der Waals surface area contributed by atoms with Crippen LogP contribution in [0, 0.1) is 11.3 Å². The number of piperazine rings is 1. The van der Waals surface area contributed by atoms with Crippen LogP contribution in [-0.2, 0) is 0 Å². The number of rotatable bonds is 5. The molecule has 0 aliphatic carbocycles. The molecule has 1 aliphatic rings. The first-order chi connectivity index (χ1) is 7.31. The van der Waals surface area contributed by atoms with Crippen molar-refractivity contribution in [1.29, 1.82) is 5.26 Å². The second kappa shape index (κ2) is 6.78. The van der Waals surface area contributed by atoms with Crippen LogP contribution in [0.1, 0.15) is 19.8 Å². The van der Waals surface area contributed by atoms with Crippen LogP contribution < -0.4 is 0 Å². The molecule has 1 fully saturated rings. The summed E-state index contributed by atoms with van der Waals surface area (Å²) in [5.41, 5.74) is 0. The maximum absolute atomic E-state index is 9.19. The molecule has 1 rings (SSSR count). The predicted molar refractivity (Wildman–Crippen MR) is 59.4 cm³/mol. The van der Waals surface area contributed by atoms with Crippen molar-refractivity contribution >= 4 is 0 Å². The lowest BCUT2D eigenvalue weighted by Crippen LogP contribution is -2.51. The van der Waals surface area contributed by atoms with Crippen LogP contribution in [-0.4, -0.2) is 60.3 Å². The largest absolute Gasteiger partial charge is 0.395 e. The molecule has 1 atom stereocenters. The van der Waals surface area contributed by atoms with E-state index in [1.165, 1.54) is 0 Å². The minimum atomic E-state index is 0.259. The van der Waals surface area contributed by atoms with E-state index in [1.54, 1.807) is 0 Å². The highest BCUT2D eigenvalue weighted by Gasteiger charge is 2.21. The van der Waals surface area contributed by atoms with Gasteiger partial charge in [0.05, 0.1) is 12.7 Å². The lowest BCUT2D eigenvalue weighted by Gasteiger charge is -2.38. The molecule has 1 aliphatic heterocycles. The zero-order chi connectivity index (χ0) is 11.1. The first kappa shape index (κ1) is 12.4. The third-order valence-corrected chi connectivity index (χ3v) is 3.15. The van der Waals surface area contributed by atoms with E-state index < -0.39 is 0 Å². The van der Waals surface area contributed by atoms with Gasteiger partial charge in [-0.3, -0.25) is 9.80 Å². The number of aliphatic hydroxyl groups is 1. The highest BCUT2D eigenvalue weighted by molar-refractivity contribution is 4.79. The van der Waals surface area contributed by atoms with Gasteiger partial charge in [0.1, 0.15) is 0 Å². The van der Waals surface area contributed by atoms with Crippen LogP contribution in [0.2, 0.25) is 0 Å². The third kappa shape index (κ3) is 3.78. The molecule has 0 bridgehead atoms. The van der Waals surface area contributed by atoms with Gasteiger partial charge in [0, 0.05) is 45.2 Å². The Hall–Kier alpha value is -0.630. The highest BCUT2D eigenvalue weighted by atomic mass is 16.3. The van der Waals surface area contributed by atoms with E-state index in [9.17, 15) is 5.11 Å². The minimum Gasteiger partial charge on any atom is -0.395 e. The molecule has 0 saturated carbocycles. The van der Waals surface area contributed by atoms with Crippen LogP contribution in [0.4, 0.5) is 0 Å². The molecule has 1 saturated heterocycles. The van der Waals surface area contributed by atoms with Gasteiger partial charge in [-0.2, -0.15) is 5.26 Å². The summed E-state index contributed by atoms with van der Waals surface area (Å²) in [6.07, 6.45) is 1.63. The first-order valence-corrected chi connectivity index (χ1v) is 5.76. The van der Waals surface area contributed by atoms with Gasteiger partial charge in [-0.1, -0.05) is 6.92 Å². The Morgan fingerprint density at radius 1 is 1.33 bits per heavy atom. The zero-order valence-electron chi connectivity index (χ0n) is 9.52. The summed E-state index contributed by atoms with van der Waals surface area (Å²) in [6.45, 7) is 7.35. The van der Waals surface area contributed by atoms with Crippen molar-refractivity contribution in [3.63, 3.8) is 0 Å². The Morgan fingerprint density at radius 3 is 2.47 bits per heavy atom. The van der Waals surface area contributed by atoms with E-state index in [-0.39, 0.29) is 6.61 Å². The molecular weight excluding hydrogens is 190 g/mol. The maximum Gasteiger partial charge on any atom is 0.0635 e. The van der Waals surface area contributed by atoms with Gasteiger partial charge in [-0.25, -0.2) is 0 Å². The molecule has 0 aromatic carbocycles. The summed E-state index contributed by atoms with van der Waals surface area (Å²) in [5, 5.41) is 17.7. The lowest BCUT2D eigenvalue weighted by molar-refractivity contribution is 0.0645. The summed E-state index contributed by atoms with van der Waals surface area (Å²) in [6, 6.07) is 2.50. The van der Waals surface area contributed by atoms with Gasteiger partial charge in [0.15, 0.2) is 0 Å².